The zero-order valence-electron chi connectivity index (χ0n) is 16.3. The minimum atomic E-state index is -0.554. The molecule has 2 saturated heterocycles. The Morgan fingerprint density at radius 3 is 1.84 bits per heavy atom. The first-order valence-electron chi connectivity index (χ1n) is 10.0. The smallest absolute Gasteiger partial charge is 0.253 e. The Morgan fingerprint density at radius 1 is 0.742 bits per heavy atom. The zero-order valence-corrected chi connectivity index (χ0v) is 17.2. The van der Waals surface area contributed by atoms with Gasteiger partial charge in [0.25, 0.3) is 11.8 Å². The lowest BCUT2D eigenvalue weighted by molar-refractivity contribution is -0.125. The van der Waals surface area contributed by atoms with Crippen molar-refractivity contribution in [1.29, 1.82) is 0 Å². The molecule has 3 aromatic carbocycles. The summed E-state index contributed by atoms with van der Waals surface area (Å²) < 4.78 is 0. The van der Waals surface area contributed by atoms with Crippen molar-refractivity contribution in [2.24, 2.45) is 0 Å². The number of hydrogen-bond donors (Lipinski definition) is 0. The molecule has 0 aromatic heterocycles. The van der Waals surface area contributed by atoms with Gasteiger partial charge in [-0.1, -0.05) is 54.2 Å². The van der Waals surface area contributed by atoms with Gasteiger partial charge in [-0.3, -0.25) is 24.2 Å². The molecule has 3 aliphatic heterocycles. The lowest BCUT2D eigenvalue weighted by Gasteiger charge is -2.31. The summed E-state index contributed by atoms with van der Waals surface area (Å²) in [7, 11) is 0. The SMILES string of the molecule is O=C1C2C(C(=O)N1c1ccccc1)N2CC(=O)N1c2ccccc2Sc2ccccc21. The highest BCUT2D eigenvalue weighted by Crippen LogP contribution is 2.48. The summed E-state index contributed by atoms with van der Waals surface area (Å²) in [5.41, 5.74) is 2.23. The molecule has 2 unspecified atom stereocenters. The molecular weight excluding hydrogens is 410 g/mol. The van der Waals surface area contributed by atoms with Crippen molar-refractivity contribution in [2.75, 3.05) is 16.3 Å². The van der Waals surface area contributed by atoms with E-state index in [9.17, 15) is 14.4 Å². The quantitative estimate of drug-likeness (QED) is 0.473. The maximum absolute atomic E-state index is 13.4. The van der Waals surface area contributed by atoms with Crippen LogP contribution in [0.3, 0.4) is 0 Å². The number of anilines is 3. The van der Waals surface area contributed by atoms with E-state index in [0.717, 1.165) is 21.2 Å². The number of rotatable bonds is 3. The third kappa shape index (κ3) is 2.74. The predicted molar refractivity (Wildman–Crippen MR) is 117 cm³/mol. The van der Waals surface area contributed by atoms with E-state index >= 15 is 0 Å². The molecule has 0 spiro atoms. The first kappa shape index (κ1) is 18.4. The molecule has 6 rings (SSSR count). The number of carbonyl (C=O) groups excluding carboxylic acids is 3. The van der Waals surface area contributed by atoms with Crippen molar-refractivity contribution in [3.63, 3.8) is 0 Å². The summed E-state index contributed by atoms with van der Waals surface area (Å²) in [6.07, 6.45) is 0. The lowest BCUT2D eigenvalue weighted by Crippen LogP contribution is -2.42. The van der Waals surface area contributed by atoms with E-state index in [1.54, 1.807) is 45.8 Å². The highest BCUT2D eigenvalue weighted by Gasteiger charge is 2.66. The van der Waals surface area contributed by atoms with Crippen LogP contribution in [0.4, 0.5) is 17.1 Å². The number of fused-ring (bicyclic) bond motifs is 3. The van der Waals surface area contributed by atoms with Gasteiger partial charge in [-0.2, -0.15) is 0 Å². The summed E-state index contributed by atoms with van der Waals surface area (Å²) in [5, 5.41) is 0. The fourth-order valence-corrected chi connectivity index (χ4v) is 5.49. The van der Waals surface area contributed by atoms with E-state index in [1.807, 2.05) is 54.6 Å². The maximum atomic E-state index is 13.4. The molecule has 0 radical (unpaired) electrons. The van der Waals surface area contributed by atoms with Crippen LogP contribution in [0.2, 0.25) is 0 Å². The molecule has 0 saturated carbocycles. The number of nitrogens with zero attached hydrogens (tertiary/aromatic N) is 3. The summed E-state index contributed by atoms with van der Waals surface area (Å²) in [6, 6.07) is 23.4. The first-order chi connectivity index (χ1) is 15.1. The average molecular weight is 427 g/mol. The molecule has 3 heterocycles. The van der Waals surface area contributed by atoms with E-state index in [0.29, 0.717) is 5.69 Å². The van der Waals surface area contributed by atoms with E-state index < -0.39 is 12.1 Å². The van der Waals surface area contributed by atoms with E-state index in [4.69, 9.17) is 0 Å². The van der Waals surface area contributed by atoms with Crippen LogP contribution in [0.5, 0.6) is 0 Å². The van der Waals surface area contributed by atoms with Gasteiger partial charge in [0.15, 0.2) is 0 Å². The summed E-state index contributed by atoms with van der Waals surface area (Å²) in [4.78, 5) is 45.8. The number of amides is 3. The van der Waals surface area contributed by atoms with Crippen LogP contribution in [0.1, 0.15) is 0 Å². The van der Waals surface area contributed by atoms with Gasteiger partial charge in [0.05, 0.1) is 23.6 Å². The number of carbonyl (C=O) groups is 3. The Bertz CT molecular complexity index is 1180. The van der Waals surface area contributed by atoms with Crippen LogP contribution in [0.25, 0.3) is 0 Å². The Morgan fingerprint density at radius 2 is 1.26 bits per heavy atom. The van der Waals surface area contributed by atoms with Crippen LogP contribution in [0, 0.1) is 0 Å². The second-order valence-electron chi connectivity index (χ2n) is 7.68. The normalized spacial score (nSPS) is 23.3. The number of imide groups is 1. The Balaban J connectivity index is 1.26. The zero-order chi connectivity index (χ0) is 21.1. The van der Waals surface area contributed by atoms with Gasteiger partial charge in [-0.15, -0.1) is 0 Å². The minimum absolute atomic E-state index is 0.0166. The largest absolute Gasteiger partial charge is 0.278 e. The molecule has 2 fully saturated rings. The summed E-state index contributed by atoms with van der Waals surface area (Å²) >= 11 is 1.63. The van der Waals surface area contributed by atoms with Crippen LogP contribution >= 0.6 is 11.8 Å². The van der Waals surface area contributed by atoms with Gasteiger partial charge in [0.1, 0.15) is 12.1 Å². The Kier molecular flexibility index (Phi) is 4.03. The third-order valence-corrected chi connectivity index (χ3v) is 7.01. The highest BCUT2D eigenvalue weighted by atomic mass is 32.2. The highest BCUT2D eigenvalue weighted by molar-refractivity contribution is 7.99. The van der Waals surface area contributed by atoms with Crippen molar-refractivity contribution >= 4 is 46.5 Å². The Hall–Kier alpha value is -3.42. The predicted octanol–water partition coefficient (Wildman–Crippen LogP) is 3.44. The second kappa shape index (κ2) is 6.80. The molecule has 31 heavy (non-hydrogen) atoms. The molecule has 3 aromatic rings. The molecule has 2 atom stereocenters. The number of para-hydroxylation sites is 3. The van der Waals surface area contributed by atoms with Crippen molar-refractivity contribution in [3.8, 4) is 0 Å². The van der Waals surface area contributed by atoms with E-state index in [-0.39, 0.29) is 24.3 Å². The summed E-state index contributed by atoms with van der Waals surface area (Å²) in [5.74, 6) is -0.672. The first-order valence-corrected chi connectivity index (χ1v) is 10.8. The van der Waals surface area contributed by atoms with E-state index in [1.165, 1.54) is 4.90 Å². The molecule has 3 aliphatic rings. The van der Waals surface area contributed by atoms with Crippen LogP contribution in [0.15, 0.2) is 88.7 Å². The van der Waals surface area contributed by atoms with Crippen LogP contribution < -0.4 is 9.80 Å². The molecule has 0 N–H and O–H groups in total. The van der Waals surface area contributed by atoms with Gasteiger partial charge >= 0.3 is 0 Å². The van der Waals surface area contributed by atoms with E-state index in [2.05, 4.69) is 0 Å². The number of hydrogen-bond acceptors (Lipinski definition) is 5. The van der Waals surface area contributed by atoms with Gasteiger partial charge in [-0.05, 0) is 36.4 Å². The fraction of sp³-hybridized carbons (Fsp3) is 0.125. The third-order valence-electron chi connectivity index (χ3n) is 5.88. The van der Waals surface area contributed by atoms with Crippen molar-refractivity contribution < 1.29 is 14.4 Å². The van der Waals surface area contributed by atoms with Crippen LogP contribution in [-0.2, 0) is 14.4 Å². The van der Waals surface area contributed by atoms with Gasteiger partial charge in [0, 0.05) is 9.79 Å². The average Bonchev–Trinajstić information content (AvgIpc) is 3.44. The molecule has 7 heteroatoms. The van der Waals surface area contributed by atoms with Crippen LogP contribution in [-0.4, -0.2) is 41.2 Å². The minimum Gasteiger partial charge on any atom is -0.278 e. The molecular formula is C24H17N3O3S. The standard InChI is InChI=1S/C24H17N3O3S/c28-20(27-16-10-4-6-12-18(16)31-19-13-7-5-11-17(19)27)14-25-21-22(25)24(30)26(23(21)29)15-8-2-1-3-9-15/h1-13,21-22H,14H2. The molecule has 3 amide bonds. The van der Waals surface area contributed by atoms with Gasteiger partial charge < -0.3 is 0 Å². The topological polar surface area (TPSA) is 60.7 Å². The number of benzene rings is 3. The second-order valence-corrected chi connectivity index (χ2v) is 8.76. The molecule has 0 aliphatic carbocycles. The van der Waals surface area contributed by atoms with Crippen molar-refractivity contribution in [2.45, 2.75) is 21.9 Å². The van der Waals surface area contributed by atoms with Gasteiger partial charge in [0.2, 0.25) is 5.91 Å². The Labute approximate surface area is 183 Å². The lowest BCUT2D eigenvalue weighted by atomic mass is 10.2. The molecule has 152 valence electrons. The van der Waals surface area contributed by atoms with Gasteiger partial charge in [-0.25, -0.2) is 4.90 Å². The fourth-order valence-electron chi connectivity index (χ4n) is 4.43. The number of piperazine rings is 1. The maximum Gasteiger partial charge on any atom is 0.253 e. The van der Waals surface area contributed by atoms with Crippen molar-refractivity contribution in [3.05, 3.63) is 78.9 Å². The van der Waals surface area contributed by atoms with Crippen molar-refractivity contribution in [1.82, 2.24) is 4.90 Å². The monoisotopic (exact) mass is 427 g/mol. The molecule has 6 nitrogen and oxygen atoms in total. The summed E-state index contributed by atoms with van der Waals surface area (Å²) in [6.45, 7) is 0.0166. The molecule has 0 bridgehead atoms.